The number of aromatic amines is 1. The number of nitrogens with one attached hydrogen (secondary N) is 1. The van der Waals surface area contributed by atoms with Crippen molar-refractivity contribution in [3.63, 3.8) is 0 Å². The summed E-state index contributed by atoms with van der Waals surface area (Å²) in [6, 6.07) is 3.64. The SMILES string of the molecule is CCCc1nc(-c2ccncc2)[nH]c(=O)c1Br. The van der Waals surface area contributed by atoms with Crippen LogP contribution in [0.4, 0.5) is 0 Å². The van der Waals surface area contributed by atoms with Crippen LogP contribution in [0.15, 0.2) is 33.8 Å². The van der Waals surface area contributed by atoms with E-state index in [9.17, 15) is 4.79 Å². The molecule has 0 saturated heterocycles. The zero-order chi connectivity index (χ0) is 12.3. The number of pyridine rings is 1. The first-order valence-corrected chi connectivity index (χ1v) is 6.20. The Morgan fingerprint density at radius 1 is 1.35 bits per heavy atom. The van der Waals surface area contributed by atoms with Gasteiger partial charge < -0.3 is 4.98 Å². The normalized spacial score (nSPS) is 10.5. The van der Waals surface area contributed by atoms with Crippen LogP contribution in [0.25, 0.3) is 11.4 Å². The fourth-order valence-electron chi connectivity index (χ4n) is 1.55. The van der Waals surface area contributed by atoms with Crippen molar-refractivity contribution in [2.45, 2.75) is 19.8 Å². The molecule has 0 saturated carbocycles. The molecule has 0 aliphatic carbocycles. The summed E-state index contributed by atoms with van der Waals surface area (Å²) in [5, 5.41) is 0. The van der Waals surface area contributed by atoms with Gasteiger partial charge in [-0.2, -0.15) is 0 Å². The van der Waals surface area contributed by atoms with E-state index in [0.717, 1.165) is 24.1 Å². The van der Waals surface area contributed by atoms with Crippen LogP contribution in [-0.4, -0.2) is 15.0 Å². The number of rotatable bonds is 3. The topological polar surface area (TPSA) is 58.6 Å². The van der Waals surface area contributed by atoms with Gasteiger partial charge >= 0.3 is 0 Å². The molecule has 0 fully saturated rings. The molecule has 2 rings (SSSR count). The summed E-state index contributed by atoms with van der Waals surface area (Å²) in [6.45, 7) is 2.06. The minimum absolute atomic E-state index is 0.143. The fourth-order valence-corrected chi connectivity index (χ4v) is 1.94. The summed E-state index contributed by atoms with van der Waals surface area (Å²) >= 11 is 3.27. The highest BCUT2D eigenvalue weighted by Crippen LogP contribution is 2.16. The van der Waals surface area contributed by atoms with Gasteiger partial charge in [0.1, 0.15) is 10.3 Å². The van der Waals surface area contributed by atoms with Crippen molar-refractivity contribution in [2.24, 2.45) is 0 Å². The molecule has 0 amide bonds. The highest BCUT2D eigenvalue weighted by Gasteiger charge is 2.09. The highest BCUT2D eigenvalue weighted by molar-refractivity contribution is 9.10. The number of halogens is 1. The number of nitrogens with zero attached hydrogens (tertiary/aromatic N) is 2. The minimum Gasteiger partial charge on any atom is -0.306 e. The monoisotopic (exact) mass is 293 g/mol. The van der Waals surface area contributed by atoms with Crippen LogP contribution < -0.4 is 5.56 Å². The van der Waals surface area contributed by atoms with E-state index in [4.69, 9.17) is 0 Å². The zero-order valence-electron chi connectivity index (χ0n) is 9.40. The molecule has 0 aromatic carbocycles. The van der Waals surface area contributed by atoms with Crippen LogP contribution in [0.2, 0.25) is 0 Å². The van der Waals surface area contributed by atoms with E-state index in [2.05, 4.69) is 37.8 Å². The van der Waals surface area contributed by atoms with Gasteiger partial charge in [0.25, 0.3) is 5.56 Å². The Hall–Kier alpha value is -1.49. The number of aromatic nitrogens is 3. The lowest BCUT2D eigenvalue weighted by Crippen LogP contribution is -2.13. The molecule has 0 radical (unpaired) electrons. The Labute approximate surface area is 107 Å². The number of H-pyrrole nitrogens is 1. The molecule has 0 bridgehead atoms. The molecule has 2 heterocycles. The molecule has 1 N–H and O–H groups in total. The lowest BCUT2D eigenvalue weighted by Gasteiger charge is -2.05. The molecule has 2 aromatic heterocycles. The van der Waals surface area contributed by atoms with E-state index in [0.29, 0.717) is 10.3 Å². The summed E-state index contributed by atoms with van der Waals surface area (Å²) in [6.07, 6.45) is 5.08. The summed E-state index contributed by atoms with van der Waals surface area (Å²) in [7, 11) is 0. The van der Waals surface area contributed by atoms with E-state index >= 15 is 0 Å². The molecule has 5 heteroatoms. The average Bonchev–Trinajstić information content (AvgIpc) is 2.36. The Morgan fingerprint density at radius 2 is 2.06 bits per heavy atom. The lowest BCUT2D eigenvalue weighted by molar-refractivity contribution is 0.861. The maximum absolute atomic E-state index is 11.8. The first-order valence-electron chi connectivity index (χ1n) is 5.41. The van der Waals surface area contributed by atoms with Gasteiger partial charge in [-0.25, -0.2) is 4.98 Å². The van der Waals surface area contributed by atoms with Crippen LogP contribution in [-0.2, 0) is 6.42 Å². The third-order valence-corrected chi connectivity index (χ3v) is 3.19. The molecule has 88 valence electrons. The molecule has 0 aliphatic rings. The smallest absolute Gasteiger partial charge is 0.265 e. The largest absolute Gasteiger partial charge is 0.306 e. The number of hydrogen-bond donors (Lipinski definition) is 1. The zero-order valence-corrected chi connectivity index (χ0v) is 11.0. The van der Waals surface area contributed by atoms with Crippen molar-refractivity contribution in [1.82, 2.24) is 15.0 Å². The van der Waals surface area contributed by atoms with Crippen LogP contribution in [0.3, 0.4) is 0 Å². The molecule has 0 unspecified atom stereocenters. The summed E-state index contributed by atoms with van der Waals surface area (Å²) in [4.78, 5) is 22.9. The number of aryl methyl sites for hydroxylation is 1. The molecular weight excluding hydrogens is 282 g/mol. The molecular formula is C12H12BrN3O. The molecule has 17 heavy (non-hydrogen) atoms. The average molecular weight is 294 g/mol. The van der Waals surface area contributed by atoms with Crippen LogP contribution in [0, 0.1) is 0 Å². The standard InChI is InChI=1S/C12H12BrN3O/c1-2-3-9-10(13)12(17)16-11(15-9)8-4-6-14-7-5-8/h4-7H,2-3H2,1H3,(H,15,16,17). The van der Waals surface area contributed by atoms with E-state index in [-0.39, 0.29) is 5.56 Å². The van der Waals surface area contributed by atoms with Crippen molar-refractivity contribution >= 4 is 15.9 Å². The third-order valence-electron chi connectivity index (χ3n) is 2.37. The van der Waals surface area contributed by atoms with E-state index in [1.54, 1.807) is 12.4 Å². The van der Waals surface area contributed by atoms with E-state index < -0.39 is 0 Å². The summed E-state index contributed by atoms with van der Waals surface area (Å²) in [5.74, 6) is 0.587. The first kappa shape index (κ1) is 12.0. The Bertz CT molecular complexity index is 566. The second-order valence-corrected chi connectivity index (χ2v) is 4.45. The minimum atomic E-state index is -0.143. The first-order chi connectivity index (χ1) is 8.22. The van der Waals surface area contributed by atoms with Gasteiger partial charge in [0.05, 0.1) is 5.69 Å². The Balaban J connectivity index is 2.53. The Morgan fingerprint density at radius 3 is 2.71 bits per heavy atom. The van der Waals surface area contributed by atoms with Gasteiger partial charge in [-0.05, 0) is 34.5 Å². The molecule has 0 aliphatic heterocycles. The molecule has 4 nitrogen and oxygen atoms in total. The lowest BCUT2D eigenvalue weighted by atomic mass is 10.2. The predicted octanol–water partition coefficient (Wildman–Crippen LogP) is 2.55. The van der Waals surface area contributed by atoms with Crippen molar-refractivity contribution in [2.75, 3.05) is 0 Å². The quantitative estimate of drug-likeness (QED) is 0.946. The second kappa shape index (κ2) is 5.23. The van der Waals surface area contributed by atoms with Gasteiger partial charge in [0.15, 0.2) is 0 Å². The van der Waals surface area contributed by atoms with E-state index in [1.165, 1.54) is 0 Å². The van der Waals surface area contributed by atoms with Gasteiger partial charge in [-0.15, -0.1) is 0 Å². The highest BCUT2D eigenvalue weighted by atomic mass is 79.9. The maximum atomic E-state index is 11.8. The maximum Gasteiger partial charge on any atom is 0.265 e. The summed E-state index contributed by atoms with van der Waals surface area (Å²) < 4.78 is 0.525. The van der Waals surface area contributed by atoms with Crippen molar-refractivity contribution < 1.29 is 0 Å². The molecule has 2 aromatic rings. The van der Waals surface area contributed by atoms with E-state index in [1.807, 2.05) is 12.1 Å². The van der Waals surface area contributed by atoms with Crippen molar-refractivity contribution in [3.8, 4) is 11.4 Å². The van der Waals surface area contributed by atoms with Crippen LogP contribution >= 0.6 is 15.9 Å². The van der Waals surface area contributed by atoms with Gasteiger partial charge in [-0.3, -0.25) is 9.78 Å². The molecule has 0 spiro atoms. The Kier molecular flexibility index (Phi) is 3.68. The van der Waals surface area contributed by atoms with Gasteiger partial charge in [0.2, 0.25) is 0 Å². The predicted molar refractivity (Wildman–Crippen MR) is 69.8 cm³/mol. The fraction of sp³-hybridized carbons (Fsp3) is 0.250. The van der Waals surface area contributed by atoms with Gasteiger partial charge in [0, 0.05) is 18.0 Å². The summed E-state index contributed by atoms with van der Waals surface area (Å²) in [5.41, 5.74) is 1.51. The van der Waals surface area contributed by atoms with Crippen molar-refractivity contribution in [1.29, 1.82) is 0 Å². The number of hydrogen-bond acceptors (Lipinski definition) is 3. The third kappa shape index (κ3) is 2.61. The van der Waals surface area contributed by atoms with Crippen molar-refractivity contribution in [3.05, 3.63) is 45.0 Å². The second-order valence-electron chi connectivity index (χ2n) is 3.66. The van der Waals surface area contributed by atoms with Crippen LogP contribution in [0.1, 0.15) is 19.0 Å². The van der Waals surface area contributed by atoms with Gasteiger partial charge in [-0.1, -0.05) is 13.3 Å². The van der Waals surface area contributed by atoms with Crippen LogP contribution in [0.5, 0.6) is 0 Å². The molecule has 0 atom stereocenters.